The van der Waals surface area contributed by atoms with Gasteiger partial charge < -0.3 is 10.5 Å². The maximum Gasteiger partial charge on any atom is 0.422 e. The Morgan fingerprint density at radius 2 is 1.96 bits per heavy atom. The average molecular weight is 404 g/mol. The van der Waals surface area contributed by atoms with Crippen molar-refractivity contribution in [2.45, 2.75) is 63.7 Å². The third-order valence-corrected chi connectivity index (χ3v) is 7.63. The molecule has 4 nitrogen and oxygen atoms in total. The molecule has 0 amide bonds. The van der Waals surface area contributed by atoms with Gasteiger partial charge in [0, 0.05) is 24.0 Å². The van der Waals surface area contributed by atoms with Crippen LogP contribution in [0.1, 0.15) is 49.1 Å². The molecule has 2 bridgehead atoms. The fourth-order valence-corrected chi connectivity index (χ4v) is 6.16. The van der Waals surface area contributed by atoms with E-state index < -0.39 is 12.8 Å². The molecule has 2 fully saturated rings. The molecule has 0 radical (unpaired) electrons. The summed E-state index contributed by atoms with van der Waals surface area (Å²) in [5.41, 5.74) is 7.13. The molecule has 1 aromatic rings. The minimum Gasteiger partial charge on any atom is -0.460 e. The van der Waals surface area contributed by atoms with E-state index in [-0.39, 0.29) is 5.19 Å². The minimum absolute atomic E-state index is 0.148. The van der Waals surface area contributed by atoms with Crippen LogP contribution in [0, 0.1) is 17.8 Å². The van der Waals surface area contributed by atoms with Gasteiger partial charge in [-0.15, -0.1) is 0 Å². The molecule has 152 valence electrons. The SMILES string of the molecule is NC1CCC2CCC(C1)C2CCN1CCc2sc(OCC(F)(F)F)nc2C1. The molecule has 1 aromatic heterocycles. The Balaban J connectivity index is 1.30. The van der Waals surface area contributed by atoms with E-state index in [4.69, 9.17) is 10.5 Å². The number of fused-ring (bicyclic) bond motifs is 3. The van der Waals surface area contributed by atoms with Gasteiger partial charge in [0.15, 0.2) is 6.61 Å². The number of ether oxygens (including phenoxy) is 1. The molecule has 4 atom stereocenters. The zero-order chi connectivity index (χ0) is 19.0. The molecule has 0 spiro atoms. The summed E-state index contributed by atoms with van der Waals surface area (Å²) in [5, 5.41) is 0.148. The lowest BCUT2D eigenvalue weighted by Gasteiger charge is -2.29. The minimum atomic E-state index is -4.32. The van der Waals surface area contributed by atoms with E-state index in [9.17, 15) is 13.2 Å². The molecule has 27 heavy (non-hydrogen) atoms. The van der Waals surface area contributed by atoms with Crippen LogP contribution in [0.25, 0.3) is 0 Å². The monoisotopic (exact) mass is 403 g/mol. The van der Waals surface area contributed by atoms with E-state index in [0.717, 1.165) is 54.4 Å². The Bertz CT molecular complexity index is 651. The van der Waals surface area contributed by atoms with Crippen LogP contribution in [0.15, 0.2) is 0 Å². The van der Waals surface area contributed by atoms with Crippen LogP contribution >= 0.6 is 11.3 Å². The summed E-state index contributed by atoms with van der Waals surface area (Å²) < 4.78 is 41.8. The third kappa shape index (κ3) is 4.77. The Hall–Kier alpha value is -0.860. The zero-order valence-electron chi connectivity index (χ0n) is 15.5. The van der Waals surface area contributed by atoms with Crippen molar-refractivity contribution in [1.29, 1.82) is 0 Å². The summed E-state index contributed by atoms with van der Waals surface area (Å²) in [5.74, 6) is 2.42. The van der Waals surface area contributed by atoms with Gasteiger partial charge in [-0.25, -0.2) is 4.98 Å². The number of thiazole rings is 1. The molecule has 8 heteroatoms. The Morgan fingerprint density at radius 3 is 2.78 bits per heavy atom. The van der Waals surface area contributed by atoms with Gasteiger partial charge in [0.1, 0.15) is 0 Å². The molecule has 0 aromatic carbocycles. The van der Waals surface area contributed by atoms with Gasteiger partial charge in [-0.1, -0.05) is 11.3 Å². The van der Waals surface area contributed by atoms with Gasteiger partial charge in [-0.3, -0.25) is 4.90 Å². The highest BCUT2D eigenvalue weighted by Crippen LogP contribution is 2.46. The quantitative estimate of drug-likeness (QED) is 0.808. The number of nitrogens with zero attached hydrogens (tertiary/aromatic N) is 2. The third-order valence-electron chi connectivity index (χ3n) is 6.56. The highest BCUT2D eigenvalue weighted by molar-refractivity contribution is 7.13. The van der Waals surface area contributed by atoms with Crippen molar-refractivity contribution in [3.05, 3.63) is 10.6 Å². The fourth-order valence-electron chi connectivity index (χ4n) is 5.26. The van der Waals surface area contributed by atoms with Gasteiger partial charge >= 0.3 is 6.18 Å². The maximum atomic E-state index is 12.3. The van der Waals surface area contributed by atoms with Crippen LogP contribution in [-0.4, -0.2) is 41.8 Å². The summed E-state index contributed by atoms with van der Waals surface area (Å²) in [7, 11) is 0. The van der Waals surface area contributed by atoms with E-state index >= 15 is 0 Å². The number of rotatable bonds is 5. The van der Waals surface area contributed by atoms with Crippen LogP contribution in [-0.2, 0) is 13.0 Å². The molecule has 2 aliphatic carbocycles. The maximum absolute atomic E-state index is 12.3. The van der Waals surface area contributed by atoms with Gasteiger partial charge in [0.2, 0.25) is 0 Å². The van der Waals surface area contributed by atoms with Gasteiger partial charge in [0.05, 0.1) is 5.69 Å². The van der Waals surface area contributed by atoms with Crippen molar-refractivity contribution >= 4 is 11.3 Å². The summed E-state index contributed by atoms with van der Waals surface area (Å²) >= 11 is 1.26. The second-order valence-corrected chi connectivity index (χ2v) is 9.45. The largest absolute Gasteiger partial charge is 0.460 e. The van der Waals surface area contributed by atoms with Gasteiger partial charge in [-0.05, 0) is 69.2 Å². The van der Waals surface area contributed by atoms with Crippen LogP contribution in [0.2, 0.25) is 0 Å². The van der Waals surface area contributed by atoms with Crippen LogP contribution < -0.4 is 10.5 Å². The molecule has 4 unspecified atom stereocenters. The highest BCUT2D eigenvalue weighted by atomic mass is 32.1. The van der Waals surface area contributed by atoms with Crippen LogP contribution in [0.3, 0.4) is 0 Å². The van der Waals surface area contributed by atoms with Gasteiger partial charge in [0.25, 0.3) is 5.19 Å². The highest BCUT2D eigenvalue weighted by Gasteiger charge is 2.39. The number of hydrogen-bond donors (Lipinski definition) is 1. The molecule has 1 aliphatic heterocycles. The van der Waals surface area contributed by atoms with E-state index in [0.29, 0.717) is 6.04 Å². The van der Waals surface area contributed by atoms with Crippen LogP contribution in [0.4, 0.5) is 13.2 Å². The normalized spacial score (nSPS) is 31.6. The van der Waals surface area contributed by atoms with Crippen molar-refractivity contribution in [2.75, 3.05) is 19.7 Å². The molecular formula is C19H28F3N3OS. The smallest absolute Gasteiger partial charge is 0.422 e. The molecular weight excluding hydrogens is 375 g/mol. The molecule has 4 rings (SSSR count). The first kappa shape index (κ1) is 19.5. The predicted molar refractivity (Wildman–Crippen MR) is 98.8 cm³/mol. The summed E-state index contributed by atoms with van der Waals surface area (Å²) in [6.07, 6.45) is 4.06. The first-order valence-electron chi connectivity index (χ1n) is 10.0. The fraction of sp³-hybridized carbons (Fsp3) is 0.842. The number of halogens is 3. The number of alkyl halides is 3. The Kier molecular flexibility index (Phi) is 5.67. The topological polar surface area (TPSA) is 51.4 Å². The van der Waals surface area contributed by atoms with E-state index in [2.05, 4.69) is 9.88 Å². The van der Waals surface area contributed by atoms with Gasteiger partial charge in [-0.2, -0.15) is 13.2 Å². The average Bonchev–Trinajstić information content (AvgIpc) is 3.13. The molecule has 3 aliphatic rings. The summed E-state index contributed by atoms with van der Waals surface area (Å²) in [6.45, 7) is 1.45. The first-order chi connectivity index (χ1) is 12.9. The lowest BCUT2D eigenvalue weighted by molar-refractivity contribution is -0.153. The van der Waals surface area contributed by atoms with Crippen LogP contribution in [0.5, 0.6) is 5.19 Å². The van der Waals surface area contributed by atoms with Crippen molar-refractivity contribution in [2.24, 2.45) is 23.5 Å². The van der Waals surface area contributed by atoms with E-state index in [1.54, 1.807) is 0 Å². The molecule has 2 heterocycles. The lowest BCUT2D eigenvalue weighted by atomic mass is 9.85. The first-order valence-corrected chi connectivity index (χ1v) is 10.8. The van der Waals surface area contributed by atoms with Crippen molar-refractivity contribution in [1.82, 2.24) is 9.88 Å². The standard InChI is InChI=1S/C19H28F3N3OS/c20-19(21,22)11-26-18-24-16-10-25(8-6-17(16)27-18)7-5-15-12-1-2-13(15)9-14(23)4-3-12/h12-15H,1-11,23H2. The number of nitrogens with two attached hydrogens (primary N) is 1. The van der Waals surface area contributed by atoms with E-state index in [1.165, 1.54) is 49.9 Å². The Labute approximate surface area is 162 Å². The molecule has 2 N–H and O–H groups in total. The predicted octanol–water partition coefficient (Wildman–Crippen LogP) is 3.99. The summed E-state index contributed by atoms with van der Waals surface area (Å²) in [6, 6.07) is 0.380. The van der Waals surface area contributed by atoms with E-state index in [1.807, 2.05) is 0 Å². The number of aromatic nitrogens is 1. The second-order valence-electron chi connectivity index (χ2n) is 8.40. The molecule has 0 saturated heterocycles. The van der Waals surface area contributed by atoms with Crippen molar-refractivity contribution in [3.8, 4) is 5.19 Å². The number of hydrogen-bond acceptors (Lipinski definition) is 5. The lowest BCUT2D eigenvalue weighted by Crippen LogP contribution is -2.33. The summed E-state index contributed by atoms with van der Waals surface area (Å²) in [4.78, 5) is 7.78. The van der Waals surface area contributed by atoms with Crippen molar-refractivity contribution in [3.63, 3.8) is 0 Å². The zero-order valence-corrected chi connectivity index (χ0v) is 16.3. The molecule has 2 saturated carbocycles. The Morgan fingerprint density at radius 1 is 1.19 bits per heavy atom. The van der Waals surface area contributed by atoms with Crippen molar-refractivity contribution < 1.29 is 17.9 Å². The second kappa shape index (κ2) is 7.87.